The highest BCUT2D eigenvalue weighted by molar-refractivity contribution is 5.40. The molecule has 2 saturated carbocycles. The summed E-state index contributed by atoms with van der Waals surface area (Å²) < 4.78 is 0. The highest BCUT2D eigenvalue weighted by Gasteiger charge is 2.64. The van der Waals surface area contributed by atoms with Crippen molar-refractivity contribution in [3.05, 3.63) is 29.3 Å². The summed E-state index contributed by atoms with van der Waals surface area (Å²) in [5.74, 6) is 4.98. The van der Waals surface area contributed by atoms with Gasteiger partial charge in [-0.15, -0.1) is 6.42 Å². The number of phenolic OH excluding ortho intramolecular Hbond substituents is 1. The summed E-state index contributed by atoms with van der Waals surface area (Å²) in [5, 5.41) is 20.9. The van der Waals surface area contributed by atoms with Gasteiger partial charge in [0, 0.05) is 5.41 Å². The number of terminal acetylenes is 1. The van der Waals surface area contributed by atoms with Crippen LogP contribution in [0.1, 0.15) is 56.6 Å². The van der Waals surface area contributed by atoms with E-state index in [1.54, 1.807) is 0 Å². The highest BCUT2D eigenvalue weighted by atomic mass is 16.3. The number of fused-ring (bicyclic) bond motifs is 5. The van der Waals surface area contributed by atoms with Crippen LogP contribution in [0.2, 0.25) is 0 Å². The maximum atomic E-state index is 11.2. The zero-order valence-corrected chi connectivity index (χ0v) is 14.0. The lowest BCUT2D eigenvalue weighted by Crippen LogP contribution is -2.51. The minimum atomic E-state index is -0.960. The Hall–Kier alpha value is -1.46. The Balaban J connectivity index is 1.74. The molecule has 0 radical (unpaired) electrons. The third-order valence-corrected chi connectivity index (χ3v) is 7.51. The minimum Gasteiger partial charge on any atom is -0.508 e. The van der Waals surface area contributed by atoms with Crippen LogP contribution < -0.4 is 0 Å². The van der Waals surface area contributed by atoms with Gasteiger partial charge in [-0.05, 0) is 79.0 Å². The smallest absolute Gasteiger partial charge is 0.133 e. The van der Waals surface area contributed by atoms with Crippen molar-refractivity contribution < 1.29 is 10.2 Å². The molecule has 2 heteroatoms. The highest BCUT2D eigenvalue weighted by Crippen LogP contribution is 2.65. The molecule has 23 heavy (non-hydrogen) atoms. The van der Waals surface area contributed by atoms with Gasteiger partial charge in [0.25, 0.3) is 0 Å². The molecule has 2 nitrogen and oxygen atoms in total. The molecule has 0 heterocycles. The second kappa shape index (κ2) is 4.77. The second-order valence-corrected chi connectivity index (χ2v) is 8.30. The summed E-state index contributed by atoms with van der Waals surface area (Å²) in [6.45, 7) is 4.34. The third kappa shape index (κ3) is 1.81. The molecule has 0 spiro atoms. The van der Waals surface area contributed by atoms with Crippen molar-refractivity contribution in [2.24, 2.45) is 23.2 Å². The van der Waals surface area contributed by atoms with Crippen molar-refractivity contribution in [2.45, 2.75) is 57.5 Å². The van der Waals surface area contributed by atoms with Crippen LogP contribution in [0.3, 0.4) is 0 Å². The van der Waals surface area contributed by atoms with E-state index in [2.05, 4.69) is 25.8 Å². The van der Waals surface area contributed by atoms with Crippen LogP contribution in [0.15, 0.2) is 18.2 Å². The number of hydrogen-bond donors (Lipinski definition) is 2. The van der Waals surface area contributed by atoms with E-state index < -0.39 is 5.60 Å². The summed E-state index contributed by atoms with van der Waals surface area (Å²) in [6, 6.07) is 5.88. The number of aromatic hydroxyl groups is 1. The zero-order valence-electron chi connectivity index (χ0n) is 14.0. The van der Waals surface area contributed by atoms with Crippen LogP contribution in [0.5, 0.6) is 5.75 Å². The molecule has 3 aliphatic rings. The van der Waals surface area contributed by atoms with Crippen LogP contribution in [0, 0.1) is 35.5 Å². The maximum Gasteiger partial charge on any atom is 0.133 e. The first kappa shape index (κ1) is 15.1. The quantitative estimate of drug-likeness (QED) is 0.714. The molecule has 0 bridgehead atoms. The summed E-state index contributed by atoms with van der Waals surface area (Å²) in [5.41, 5.74) is 1.62. The Morgan fingerprint density at radius 3 is 2.83 bits per heavy atom. The van der Waals surface area contributed by atoms with Crippen molar-refractivity contribution in [3.63, 3.8) is 0 Å². The fourth-order valence-corrected chi connectivity index (χ4v) is 6.22. The fourth-order valence-electron chi connectivity index (χ4n) is 6.22. The molecule has 122 valence electrons. The van der Waals surface area contributed by atoms with Gasteiger partial charge in [-0.25, -0.2) is 0 Å². The number of hydrogen-bond acceptors (Lipinski definition) is 2. The lowest BCUT2D eigenvalue weighted by Gasteiger charge is -2.52. The molecule has 1 aromatic rings. The van der Waals surface area contributed by atoms with Crippen LogP contribution in [0.4, 0.5) is 0 Å². The SMILES string of the molecule is C#C[C@]1(O)[C@@H](C)C[C@H]2[C@H]3CCc4cc(O)ccc4[C@H]3CC[C@@]21C. The van der Waals surface area contributed by atoms with Crippen molar-refractivity contribution in [1.82, 2.24) is 0 Å². The maximum absolute atomic E-state index is 11.2. The average molecular weight is 310 g/mol. The Morgan fingerprint density at radius 2 is 2.09 bits per heavy atom. The lowest BCUT2D eigenvalue weighted by molar-refractivity contribution is -0.0777. The van der Waals surface area contributed by atoms with Gasteiger partial charge in [0.05, 0.1) is 0 Å². The summed E-state index contributed by atoms with van der Waals surface area (Å²) in [4.78, 5) is 0. The predicted molar refractivity (Wildman–Crippen MR) is 91.1 cm³/mol. The van der Waals surface area contributed by atoms with Crippen molar-refractivity contribution >= 4 is 0 Å². The minimum absolute atomic E-state index is 0.156. The normalized spacial score (nSPS) is 44.8. The van der Waals surface area contributed by atoms with Crippen molar-refractivity contribution in [3.8, 4) is 18.1 Å². The molecular weight excluding hydrogens is 284 g/mol. The van der Waals surface area contributed by atoms with Gasteiger partial charge >= 0.3 is 0 Å². The number of rotatable bonds is 0. The molecule has 3 aliphatic carbocycles. The molecular formula is C21H26O2. The molecule has 2 N–H and O–H groups in total. The molecule has 0 amide bonds. The molecule has 6 atom stereocenters. The summed E-state index contributed by atoms with van der Waals surface area (Å²) >= 11 is 0. The van der Waals surface area contributed by atoms with Gasteiger partial charge in [-0.2, -0.15) is 0 Å². The summed E-state index contributed by atoms with van der Waals surface area (Å²) in [7, 11) is 0. The fraction of sp³-hybridized carbons (Fsp3) is 0.619. The largest absolute Gasteiger partial charge is 0.508 e. The average Bonchev–Trinajstić information content (AvgIpc) is 2.75. The summed E-state index contributed by atoms with van der Waals surface area (Å²) in [6.07, 6.45) is 11.1. The van der Waals surface area contributed by atoms with E-state index in [0.29, 0.717) is 23.5 Å². The Morgan fingerprint density at radius 1 is 1.30 bits per heavy atom. The van der Waals surface area contributed by atoms with Crippen LogP contribution in [0.25, 0.3) is 0 Å². The topological polar surface area (TPSA) is 40.5 Å². The lowest BCUT2D eigenvalue weighted by atomic mass is 9.53. The molecule has 4 rings (SSSR count). The van der Waals surface area contributed by atoms with Gasteiger partial charge in [-0.1, -0.05) is 25.8 Å². The van der Waals surface area contributed by atoms with E-state index >= 15 is 0 Å². The van der Waals surface area contributed by atoms with E-state index in [9.17, 15) is 10.2 Å². The number of aryl methyl sites for hydroxylation is 1. The van der Waals surface area contributed by atoms with Gasteiger partial charge in [-0.3, -0.25) is 0 Å². The Bertz CT molecular complexity index is 688. The van der Waals surface area contributed by atoms with Crippen LogP contribution in [-0.2, 0) is 6.42 Å². The van der Waals surface area contributed by atoms with Gasteiger partial charge in [0.2, 0.25) is 0 Å². The zero-order chi connectivity index (χ0) is 16.4. The number of benzene rings is 1. The Kier molecular flexibility index (Phi) is 3.13. The Labute approximate surface area is 138 Å². The standard InChI is InChI=1S/C21H26O2/c1-4-21(23)13(2)11-19-18-7-5-14-12-15(22)6-8-16(14)17(18)9-10-20(19,21)3/h1,6,8,12-13,17-19,22-23H,5,7,9-11H2,2-3H3/t13-,17+,18-,19-,20-,21-/m0/s1. The molecule has 0 saturated heterocycles. The monoisotopic (exact) mass is 310 g/mol. The predicted octanol–water partition coefficient (Wildman–Crippen LogP) is 3.86. The van der Waals surface area contributed by atoms with Gasteiger partial charge in [0.1, 0.15) is 11.4 Å². The molecule has 0 aliphatic heterocycles. The van der Waals surface area contributed by atoms with Crippen LogP contribution >= 0.6 is 0 Å². The van der Waals surface area contributed by atoms with Gasteiger partial charge in [0.15, 0.2) is 0 Å². The number of aliphatic hydroxyl groups is 1. The molecule has 0 unspecified atom stereocenters. The van der Waals surface area contributed by atoms with E-state index in [-0.39, 0.29) is 11.3 Å². The van der Waals surface area contributed by atoms with Gasteiger partial charge < -0.3 is 10.2 Å². The van der Waals surface area contributed by atoms with Crippen LogP contribution in [-0.4, -0.2) is 15.8 Å². The van der Waals surface area contributed by atoms with E-state index in [1.165, 1.54) is 11.1 Å². The van der Waals surface area contributed by atoms with E-state index in [0.717, 1.165) is 32.1 Å². The van der Waals surface area contributed by atoms with E-state index in [4.69, 9.17) is 6.42 Å². The first-order chi connectivity index (χ1) is 10.9. The first-order valence-corrected chi connectivity index (χ1v) is 8.92. The number of phenols is 1. The second-order valence-electron chi connectivity index (χ2n) is 8.30. The van der Waals surface area contributed by atoms with E-state index in [1.807, 2.05) is 12.1 Å². The molecule has 2 fully saturated rings. The van der Waals surface area contributed by atoms with Crippen molar-refractivity contribution in [2.75, 3.05) is 0 Å². The third-order valence-electron chi connectivity index (χ3n) is 7.51. The van der Waals surface area contributed by atoms with Crippen molar-refractivity contribution in [1.29, 1.82) is 0 Å². The molecule has 0 aromatic heterocycles. The first-order valence-electron chi connectivity index (χ1n) is 8.92. The molecule has 1 aromatic carbocycles.